The second-order valence-electron chi connectivity index (χ2n) is 4.61. The highest BCUT2D eigenvalue weighted by atomic mass is 16.5. The Balaban J connectivity index is 2.56. The van der Waals surface area contributed by atoms with Crippen molar-refractivity contribution in [2.75, 3.05) is 13.7 Å². The summed E-state index contributed by atoms with van der Waals surface area (Å²) in [5.41, 5.74) is 0.634. The van der Waals surface area contributed by atoms with Crippen LogP contribution in [0.25, 0.3) is 0 Å². The fourth-order valence-electron chi connectivity index (χ4n) is 1.39. The van der Waals surface area contributed by atoms with Crippen molar-refractivity contribution in [2.45, 2.75) is 20.4 Å². The number of aromatic hydroxyl groups is 1. The number of nitrogens with zero attached hydrogens (tertiary/aromatic N) is 1. The Morgan fingerprint density at radius 2 is 2.18 bits per heavy atom. The van der Waals surface area contributed by atoms with Gasteiger partial charge < -0.3 is 15.2 Å². The average Bonchev–Trinajstić information content (AvgIpc) is 2.31. The first-order valence-corrected chi connectivity index (χ1v) is 5.46. The second kappa shape index (κ2) is 5.55. The van der Waals surface area contributed by atoms with Gasteiger partial charge in [-0.3, -0.25) is 0 Å². The van der Waals surface area contributed by atoms with E-state index in [2.05, 4.69) is 11.4 Å². The van der Waals surface area contributed by atoms with Crippen LogP contribution in [0, 0.1) is 16.7 Å². The first-order valence-electron chi connectivity index (χ1n) is 5.46. The molecule has 0 saturated carbocycles. The van der Waals surface area contributed by atoms with E-state index in [0.29, 0.717) is 18.8 Å². The summed E-state index contributed by atoms with van der Waals surface area (Å²) in [5.74, 6) is 0.595. The molecule has 0 spiro atoms. The van der Waals surface area contributed by atoms with Crippen molar-refractivity contribution in [3.8, 4) is 17.6 Å². The first kappa shape index (κ1) is 13.3. The normalized spacial score (nSPS) is 10.9. The third-order valence-corrected chi connectivity index (χ3v) is 2.44. The lowest BCUT2D eigenvalue weighted by Crippen LogP contribution is -2.27. The van der Waals surface area contributed by atoms with Gasteiger partial charge >= 0.3 is 0 Å². The monoisotopic (exact) mass is 234 g/mol. The summed E-state index contributed by atoms with van der Waals surface area (Å²) in [6.07, 6.45) is 0. The zero-order valence-corrected chi connectivity index (χ0v) is 10.4. The summed E-state index contributed by atoms with van der Waals surface area (Å²) in [6.45, 7) is 5.03. The molecule has 1 rings (SSSR count). The molecule has 4 nitrogen and oxygen atoms in total. The molecule has 0 aliphatic carbocycles. The lowest BCUT2D eigenvalue weighted by Gasteiger charge is -2.16. The van der Waals surface area contributed by atoms with E-state index in [1.807, 2.05) is 19.9 Å². The molecule has 2 N–H and O–H groups in total. The van der Waals surface area contributed by atoms with E-state index >= 15 is 0 Å². The van der Waals surface area contributed by atoms with E-state index in [1.54, 1.807) is 12.1 Å². The van der Waals surface area contributed by atoms with Gasteiger partial charge in [0.25, 0.3) is 0 Å². The Morgan fingerprint density at radius 1 is 1.47 bits per heavy atom. The molecule has 0 bridgehead atoms. The smallest absolute Gasteiger partial charge is 0.160 e. The molecule has 0 aromatic heterocycles. The van der Waals surface area contributed by atoms with Crippen molar-refractivity contribution >= 4 is 0 Å². The van der Waals surface area contributed by atoms with Crippen molar-refractivity contribution in [1.29, 1.82) is 5.26 Å². The van der Waals surface area contributed by atoms with Crippen LogP contribution in [0.3, 0.4) is 0 Å². The maximum absolute atomic E-state index is 9.44. The Morgan fingerprint density at radius 3 is 2.76 bits per heavy atom. The minimum atomic E-state index is -0.374. The molecule has 0 aliphatic heterocycles. The van der Waals surface area contributed by atoms with Crippen LogP contribution in [0.15, 0.2) is 18.2 Å². The van der Waals surface area contributed by atoms with Crippen LogP contribution < -0.4 is 10.1 Å². The largest absolute Gasteiger partial charge is 0.504 e. The number of hydrogen-bond acceptors (Lipinski definition) is 4. The number of phenolic OH excluding ortho intramolecular Hbond substituents is 1. The second-order valence-corrected chi connectivity index (χ2v) is 4.61. The zero-order valence-electron chi connectivity index (χ0n) is 10.4. The number of nitriles is 1. The molecule has 4 heteroatoms. The molecule has 17 heavy (non-hydrogen) atoms. The standard InChI is InChI=1S/C13H18N2O2/c1-13(2,8-14)9-15-7-10-4-5-11(16)12(6-10)17-3/h4-6,15-16H,7,9H2,1-3H3. The van der Waals surface area contributed by atoms with Crippen LogP contribution in [-0.2, 0) is 6.54 Å². The van der Waals surface area contributed by atoms with Crippen LogP contribution in [0.1, 0.15) is 19.4 Å². The maximum Gasteiger partial charge on any atom is 0.160 e. The van der Waals surface area contributed by atoms with E-state index in [0.717, 1.165) is 5.56 Å². The number of benzene rings is 1. The SMILES string of the molecule is COc1cc(CNCC(C)(C)C#N)ccc1O. The van der Waals surface area contributed by atoms with Gasteiger partial charge in [0.1, 0.15) is 0 Å². The Labute approximate surface area is 102 Å². The number of ether oxygens (including phenoxy) is 1. The van der Waals surface area contributed by atoms with Gasteiger partial charge in [-0.1, -0.05) is 6.07 Å². The van der Waals surface area contributed by atoms with Crippen molar-refractivity contribution in [2.24, 2.45) is 5.41 Å². The van der Waals surface area contributed by atoms with Gasteiger partial charge in [0, 0.05) is 13.1 Å². The fourth-order valence-corrected chi connectivity index (χ4v) is 1.39. The number of nitrogens with one attached hydrogen (secondary N) is 1. The fraction of sp³-hybridized carbons (Fsp3) is 0.462. The third kappa shape index (κ3) is 3.97. The van der Waals surface area contributed by atoms with Gasteiger partial charge in [-0.25, -0.2) is 0 Å². The molecule has 0 aliphatic rings. The molecule has 0 radical (unpaired) electrons. The molecule has 0 fully saturated rings. The number of rotatable bonds is 5. The third-order valence-electron chi connectivity index (χ3n) is 2.44. The van der Waals surface area contributed by atoms with Crippen LogP contribution >= 0.6 is 0 Å². The van der Waals surface area contributed by atoms with Crippen molar-refractivity contribution in [3.05, 3.63) is 23.8 Å². The van der Waals surface area contributed by atoms with E-state index in [-0.39, 0.29) is 11.2 Å². The maximum atomic E-state index is 9.44. The van der Waals surface area contributed by atoms with Crippen molar-refractivity contribution in [3.63, 3.8) is 0 Å². The van der Waals surface area contributed by atoms with E-state index in [1.165, 1.54) is 7.11 Å². The van der Waals surface area contributed by atoms with E-state index in [4.69, 9.17) is 10.00 Å². The van der Waals surface area contributed by atoms with Crippen LogP contribution in [-0.4, -0.2) is 18.8 Å². The summed E-state index contributed by atoms with van der Waals surface area (Å²) in [4.78, 5) is 0. The van der Waals surface area contributed by atoms with Gasteiger partial charge in [-0.05, 0) is 31.5 Å². The number of methoxy groups -OCH3 is 1. The van der Waals surface area contributed by atoms with E-state index in [9.17, 15) is 5.11 Å². The lowest BCUT2D eigenvalue weighted by molar-refractivity contribution is 0.372. The highest BCUT2D eigenvalue weighted by Crippen LogP contribution is 2.26. The number of phenols is 1. The van der Waals surface area contributed by atoms with Crippen LogP contribution in [0.2, 0.25) is 0 Å². The molecule has 0 amide bonds. The summed E-state index contributed by atoms with van der Waals surface area (Å²) in [7, 11) is 1.52. The molecule has 0 unspecified atom stereocenters. The van der Waals surface area contributed by atoms with Crippen LogP contribution in [0.4, 0.5) is 0 Å². The molecule has 0 heterocycles. The molecule has 92 valence electrons. The van der Waals surface area contributed by atoms with Gasteiger partial charge in [0.05, 0.1) is 18.6 Å². The van der Waals surface area contributed by atoms with Crippen molar-refractivity contribution in [1.82, 2.24) is 5.32 Å². The Hall–Kier alpha value is -1.73. The molecule has 0 saturated heterocycles. The zero-order chi connectivity index (χ0) is 12.9. The number of hydrogen-bond donors (Lipinski definition) is 2. The minimum Gasteiger partial charge on any atom is -0.504 e. The molecule has 0 atom stereocenters. The Bertz CT molecular complexity index is 422. The van der Waals surface area contributed by atoms with E-state index < -0.39 is 0 Å². The van der Waals surface area contributed by atoms with Gasteiger partial charge in [-0.15, -0.1) is 0 Å². The Kier molecular flexibility index (Phi) is 4.36. The van der Waals surface area contributed by atoms with Gasteiger partial charge in [-0.2, -0.15) is 5.26 Å². The molecule has 1 aromatic carbocycles. The predicted octanol–water partition coefficient (Wildman–Crippen LogP) is 2.04. The predicted molar refractivity (Wildman–Crippen MR) is 65.8 cm³/mol. The highest BCUT2D eigenvalue weighted by Gasteiger charge is 2.15. The summed E-state index contributed by atoms with van der Waals surface area (Å²) >= 11 is 0. The molecule has 1 aromatic rings. The van der Waals surface area contributed by atoms with Gasteiger partial charge in [0.15, 0.2) is 11.5 Å². The summed E-state index contributed by atoms with van der Waals surface area (Å²) in [5, 5.41) is 21.5. The lowest BCUT2D eigenvalue weighted by atomic mass is 9.96. The highest BCUT2D eigenvalue weighted by molar-refractivity contribution is 5.41. The quantitative estimate of drug-likeness (QED) is 0.818. The van der Waals surface area contributed by atoms with Crippen LogP contribution in [0.5, 0.6) is 11.5 Å². The summed E-state index contributed by atoms with van der Waals surface area (Å²) in [6, 6.07) is 7.44. The first-order chi connectivity index (χ1) is 7.98. The summed E-state index contributed by atoms with van der Waals surface area (Å²) < 4.78 is 5.02. The minimum absolute atomic E-state index is 0.133. The molecular formula is C13H18N2O2. The topological polar surface area (TPSA) is 65.3 Å². The molecular weight excluding hydrogens is 216 g/mol. The average molecular weight is 234 g/mol. The van der Waals surface area contributed by atoms with Gasteiger partial charge in [0.2, 0.25) is 0 Å². The van der Waals surface area contributed by atoms with Crippen molar-refractivity contribution < 1.29 is 9.84 Å².